The number of rotatable bonds is 7. The molecule has 0 saturated heterocycles. The van der Waals surface area contributed by atoms with Gasteiger partial charge in [-0.2, -0.15) is 0 Å². The van der Waals surface area contributed by atoms with Gasteiger partial charge in [0.15, 0.2) is 0 Å². The van der Waals surface area contributed by atoms with Crippen molar-refractivity contribution in [2.45, 2.75) is 6.54 Å². The molecule has 0 fully saturated rings. The maximum absolute atomic E-state index is 12.0. The normalized spacial score (nSPS) is 10.6. The number of likely N-dealkylation sites (N-methyl/N-ethyl adjacent to an activating group) is 1. The lowest BCUT2D eigenvalue weighted by Gasteiger charge is -2.11. The van der Waals surface area contributed by atoms with E-state index in [9.17, 15) is 4.79 Å². The number of ether oxygens (including phenoxy) is 1. The van der Waals surface area contributed by atoms with Gasteiger partial charge in [0.2, 0.25) is 0 Å². The second-order valence-corrected chi connectivity index (χ2v) is 6.40. The Morgan fingerprint density at radius 2 is 1.74 bits per heavy atom. The average molecular weight is 377 g/mol. The van der Waals surface area contributed by atoms with Crippen LogP contribution in [0.2, 0.25) is 0 Å². The number of carbonyl (C=O) groups is 1. The fourth-order valence-electron chi connectivity index (χ4n) is 1.94. The van der Waals surface area contributed by atoms with E-state index in [0.29, 0.717) is 18.7 Å². The highest BCUT2D eigenvalue weighted by molar-refractivity contribution is 9.10. The molecule has 2 aromatic carbocycles. The minimum Gasteiger partial charge on any atom is -0.492 e. The summed E-state index contributed by atoms with van der Waals surface area (Å²) in [6.45, 7) is 2.03. The molecule has 1 amide bonds. The van der Waals surface area contributed by atoms with Gasteiger partial charge in [-0.25, -0.2) is 0 Å². The van der Waals surface area contributed by atoms with E-state index in [2.05, 4.69) is 26.1 Å². The van der Waals surface area contributed by atoms with E-state index < -0.39 is 0 Å². The molecule has 5 heteroatoms. The smallest absolute Gasteiger partial charge is 0.251 e. The van der Waals surface area contributed by atoms with Crippen molar-refractivity contribution >= 4 is 21.8 Å². The van der Waals surface area contributed by atoms with Gasteiger partial charge in [0.25, 0.3) is 5.91 Å². The van der Waals surface area contributed by atoms with Crippen molar-refractivity contribution in [3.05, 3.63) is 64.1 Å². The van der Waals surface area contributed by atoms with Crippen LogP contribution >= 0.6 is 15.9 Å². The van der Waals surface area contributed by atoms with Crippen molar-refractivity contribution in [3.63, 3.8) is 0 Å². The lowest BCUT2D eigenvalue weighted by atomic mass is 10.2. The molecule has 0 radical (unpaired) electrons. The lowest BCUT2D eigenvalue weighted by molar-refractivity contribution is 0.0951. The van der Waals surface area contributed by atoms with Crippen LogP contribution < -0.4 is 10.1 Å². The predicted octanol–water partition coefficient (Wildman–Crippen LogP) is 3.32. The zero-order valence-corrected chi connectivity index (χ0v) is 15.0. The van der Waals surface area contributed by atoms with Crippen LogP contribution in [0.1, 0.15) is 15.9 Å². The number of nitrogens with one attached hydrogen (secondary N) is 1. The fraction of sp³-hybridized carbons (Fsp3) is 0.278. The zero-order valence-electron chi connectivity index (χ0n) is 13.4. The third kappa shape index (κ3) is 6.04. The molecule has 4 nitrogen and oxygen atoms in total. The van der Waals surface area contributed by atoms with Crippen molar-refractivity contribution in [2.24, 2.45) is 0 Å². The van der Waals surface area contributed by atoms with Crippen molar-refractivity contribution in [3.8, 4) is 5.75 Å². The topological polar surface area (TPSA) is 41.6 Å². The van der Waals surface area contributed by atoms with Crippen LogP contribution in [-0.4, -0.2) is 38.1 Å². The second kappa shape index (κ2) is 8.70. The molecule has 0 aliphatic rings. The molecule has 122 valence electrons. The molecule has 0 aliphatic heterocycles. The van der Waals surface area contributed by atoms with Crippen LogP contribution in [0.3, 0.4) is 0 Å². The van der Waals surface area contributed by atoms with Gasteiger partial charge in [0, 0.05) is 23.1 Å². The largest absolute Gasteiger partial charge is 0.492 e. The van der Waals surface area contributed by atoms with E-state index in [4.69, 9.17) is 4.74 Å². The molecule has 0 spiro atoms. The molecule has 1 N–H and O–H groups in total. The molecule has 23 heavy (non-hydrogen) atoms. The van der Waals surface area contributed by atoms with Crippen LogP contribution in [0.25, 0.3) is 0 Å². The molecule has 0 aliphatic carbocycles. The summed E-state index contributed by atoms with van der Waals surface area (Å²) in [7, 11) is 4.03. The zero-order chi connectivity index (χ0) is 16.7. The number of halogens is 1. The van der Waals surface area contributed by atoms with Gasteiger partial charge < -0.3 is 15.0 Å². The molecule has 0 aromatic heterocycles. The highest BCUT2D eigenvalue weighted by Gasteiger charge is 2.05. The summed E-state index contributed by atoms with van der Waals surface area (Å²) >= 11 is 3.36. The Morgan fingerprint density at radius 1 is 1.09 bits per heavy atom. The molecule has 2 rings (SSSR count). The maximum Gasteiger partial charge on any atom is 0.251 e. The minimum atomic E-state index is -0.0798. The SMILES string of the molecule is CN(C)CCOc1ccc(CNC(=O)c2ccc(Br)cc2)cc1. The summed E-state index contributed by atoms with van der Waals surface area (Å²) in [4.78, 5) is 14.1. The van der Waals surface area contributed by atoms with E-state index in [1.807, 2.05) is 50.5 Å². The van der Waals surface area contributed by atoms with Gasteiger partial charge in [0.05, 0.1) is 0 Å². The van der Waals surface area contributed by atoms with Crippen LogP contribution in [-0.2, 0) is 6.54 Å². The van der Waals surface area contributed by atoms with Gasteiger partial charge in [-0.05, 0) is 56.1 Å². The first-order chi connectivity index (χ1) is 11.0. The van der Waals surface area contributed by atoms with Gasteiger partial charge in [0.1, 0.15) is 12.4 Å². The minimum absolute atomic E-state index is 0.0798. The molecule has 0 bridgehead atoms. The number of carbonyl (C=O) groups excluding carboxylic acids is 1. The van der Waals surface area contributed by atoms with Crippen molar-refractivity contribution in [1.29, 1.82) is 0 Å². The first-order valence-corrected chi connectivity index (χ1v) is 8.24. The van der Waals surface area contributed by atoms with Gasteiger partial charge in [-0.1, -0.05) is 28.1 Å². The Bertz CT molecular complexity index is 624. The monoisotopic (exact) mass is 376 g/mol. The van der Waals surface area contributed by atoms with E-state index >= 15 is 0 Å². The predicted molar refractivity (Wildman–Crippen MR) is 95.8 cm³/mol. The van der Waals surface area contributed by atoms with Crippen LogP contribution in [0.5, 0.6) is 5.75 Å². The molecule has 0 heterocycles. The van der Waals surface area contributed by atoms with E-state index in [0.717, 1.165) is 22.3 Å². The number of nitrogens with zero attached hydrogens (tertiary/aromatic N) is 1. The average Bonchev–Trinajstić information content (AvgIpc) is 2.54. The summed E-state index contributed by atoms with van der Waals surface area (Å²) < 4.78 is 6.60. The van der Waals surface area contributed by atoms with Crippen LogP contribution in [0.4, 0.5) is 0 Å². The third-order valence-corrected chi connectivity index (χ3v) is 3.82. The molecular weight excluding hydrogens is 356 g/mol. The van der Waals surface area contributed by atoms with E-state index in [-0.39, 0.29) is 5.91 Å². The van der Waals surface area contributed by atoms with Gasteiger partial charge >= 0.3 is 0 Å². The summed E-state index contributed by atoms with van der Waals surface area (Å²) in [5.74, 6) is 0.763. The third-order valence-electron chi connectivity index (χ3n) is 3.29. The van der Waals surface area contributed by atoms with Crippen LogP contribution in [0.15, 0.2) is 53.0 Å². The Morgan fingerprint density at radius 3 is 2.35 bits per heavy atom. The van der Waals surface area contributed by atoms with Gasteiger partial charge in [-0.3, -0.25) is 4.79 Å². The summed E-state index contributed by atoms with van der Waals surface area (Å²) in [6, 6.07) is 15.1. The number of benzene rings is 2. The number of hydrogen-bond acceptors (Lipinski definition) is 3. The lowest BCUT2D eigenvalue weighted by Crippen LogP contribution is -2.22. The Labute approximate surface area is 145 Å². The number of hydrogen-bond donors (Lipinski definition) is 1. The quantitative estimate of drug-likeness (QED) is 0.805. The summed E-state index contributed by atoms with van der Waals surface area (Å²) in [6.07, 6.45) is 0. The molecule has 0 saturated carbocycles. The second-order valence-electron chi connectivity index (χ2n) is 5.49. The first-order valence-electron chi connectivity index (χ1n) is 7.45. The molecule has 0 unspecified atom stereocenters. The number of amides is 1. The van der Waals surface area contributed by atoms with Crippen molar-refractivity contribution in [2.75, 3.05) is 27.2 Å². The van der Waals surface area contributed by atoms with Crippen molar-refractivity contribution < 1.29 is 9.53 Å². The Kier molecular flexibility index (Phi) is 6.62. The molecular formula is C18H21BrN2O2. The molecule has 0 atom stereocenters. The van der Waals surface area contributed by atoms with Crippen LogP contribution in [0, 0.1) is 0 Å². The Hall–Kier alpha value is -1.85. The fourth-order valence-corrected chi connectivity index (χ4v) is 2.20. The van der Waals surface area contributed by atoms with Crippen molar-refractivity contribution in [1.82, 2.24) is 10.2 Å². The summed E-state index contributed by atoms with van der Waals surface area (Å²) in [5.41, 5.74) is 1.69. The van der Waals surface area contributed by atoms with Gasteiger partial charge in [-0.15, -0.1) is 0 Å². The molecule has 2 aromatic rings. The van der Waals surface area contributed by atoms with E-state index in [1.165, 1.54) is 0 Å². The Balaban J connectivity index is 1.81. The van der Waals surface area contributed by atoms with E-state index in [1.54, 1.807) is 12.1 Å². The maximum atomic E-state index is 12.0. The highest BCUT2D eigenvalue weighted by atomic mass is 79.9. The standard InChI is InChI=1S/C18H21BrN2O2/c1-21(2)11-12-23-17-9-3-14(4-10-17)13-20-18(22)15-5-7-16(19)8-6-15/h3-10H,11-13H2,1-2H3,(H,20,22). The first kappa shape index (κ1) is 17.5. The highest BCUT2D eigenvalue weighted by Crippen LogP contribution is 2.13. The summed E-state index contributed by atoms with van der Waals surface area (Å²) in [5, 5.41) is 2.91.